The number of carbonyl (C=O) groups is 1. The van der Waals surface area contributed by atoms with Crippen LogP contribution >= 0.6 is 0 Å². The molecule has 258 valence electrons. The molecule has 1 fully saturated rings. The van der Waals surface area contributed by atoms with Crippen molar-refractivity contribution in [3.05, 3.63) is 52.6 Å². The van der Waals surface area contributed by atoms with E-state index in [2.05, 4.69) is 9.88 Å². The number of benzene rings is 1. The Kier molecular flexibility index (Phi) is 10.0. The fourth-order valence-electron chi connectivity index (χ4n) is 5.98. The highest BCUT2D eigenvalue weighted by Crippen LogP contribution is 2.38. The number of anilines is 1. The first kappa shape index (κ1) is 34.8. The highest BCUT2D eigenvalue weighted by Gasteiger charge is 2.42. The van der Waals surface area contributed by atoms with E-state index in [1.54, 1.807) is 38.3 Å². The Balaban J connectivity index is 1.56. The van der Waals surface area contributed by atoms with Crippen LogP contribution in [-0.4, -0.2) is 68.9 Å². The first-order valence-corrected chi connectivity index (χ1v) is 15.8. The molecule has 14 heteroatoms. The molecule has 0 amide bonds. The van der Waals surface area contributed by atoms with Crippen LogP contribution in [0, 0.1) is 12.7 Å². The molecule has 2 unspecified atom stereocenters. The number of nitrogens with zero attached hydrogens (tertiary/aromatic N) is 4. The van der Waals surface area contributed by atoms with Crippen LogP contribution in [0.15, 0.2) is 24.3 Å². The number of carboxylic acid groups (broad SMARTS) is 1. The highest BCUT2D eigenvalue weighted by atomic mass is 19.4. The number of halogens is 4. The summed E-state index contributed by atoms with van der Waals surface area (Å²) >= 11 is 0. The average Bonchev–Trinajstić information content (AvgIpc) is 3.36. The molecule has 0 radical (unpaired) electrons. The molecule has 5 heterocycles. The van der Waals surface area contributed by atoms with E-state index in [-0.39, 0.29) is 44.0 Å². The largest absolute Gasteiger partial charge is 0.480 e. The number of fused-ring (bicyclic) bond motifs is 10. The number of ether oxygens (including phenoxy) is 4. The fourth-order valence-corrected chi connectivity index (χ4v) is 5.98. The van der Waals surface area contributed by atoms with Crippen LogP contribution in [0.5, 0.6) is 5.75 Å². The summed E-state index contributed by atoms with van der Waals surface area (Å²) in [7, 11) is 0. The molecule has 0 aliphatic carbocycles. The zero-order valence-corrected chi connectivity index (χ0v) is 27.3. The van der Waals surface area contributed by atoms with Gasteiger partial charge < -0.3 is 29.0 Å². The number of piperidine rings is 1. The van der Waals surface area contributed by atoms with Crippen molar-refractivity contribution in [1.82, 2.24) is 14.6 Å². The van der Waals surface area contributed by atoms with E-state index in [1.807, 2.05) is 6.92 Å². The molecular weight excluding hydrogens is 624 g/mol. The normalized spacial score (nSPS) is 22.6. The van der Waals surface area contributed by atoms with Crippen LogP contribution in [0.1, 0.15) is 88.4 Å². The Morgan fingerprint density at radius 2 is 1.85 bits per heavy atom. The summed E-state index contributed by atoms with van der Waals surface area (Å²) in [4.78, 5) is 19.4. The minimum atomic E-state index is -4.66. The zero-order chi connectivity index (χ0) is 34.1. The minimum absolute atomic E-state index is 0.0521. The standard InChI is InChI=1S/C33H42F4N4O6/c1-20-27(28(30(42)43)47-31(2,3)4)29-40-13-11-32(5,12-14-40)45-15-7-6-8-25(33(35,36)37)46-24-16-22(34)10-9-21(24)18-44-19-23-17-26(38-20)41(29)39-23/h9-10,16-17,25,28H,6-8,11-15,18-19H2,1-5H3,(H,42,43). The predicted molar refractivity (Wildman–Crippen MR) is 164 cm³/mol. The third kappa shape index (κ3) is 8.33. The lowest BCUT2D eigenvalue weighted by molar-refractivity contribution is -0.197. The van der Waals surface area contributed by atoms with Gasteiger partial charge in [-0.05, 0) is 72.8 Å². The molecule has 0 spiro atoms. The van der Waals surface area contributed by atoms with Gasteiger partial charge in [0.2, 0.25) is 0 Å². The highest BCUT2D eigenvalue weighted by molar-refractivity contribution is 5.78. The van der Waals surface area contributed by atoms with Crippen LogP contribution in [0.3, 0.4) is 0 Å². The van der Waals surface area contributed by atoms with Gasteiger partial charge in [0.1, 0.15) is 17.4 Å². The van der Waals surface area contributed by atoms with Crippen LogP contribution in [-0.2, 0) is 32.2 Å². The SMILES string of the molecule is Cc1nc2cc3nn2c(c1C(OC(C)(C)C)C(=O)O)N1CCC(C)(CC1)OCCCCC(C(F)(F)F)Oc1cc(F)ccc1COC3. The number of aliphatic carboxylic acids is 1. The number of carboxylic acids is 1. The molecule has 1 N–H and O–H groups in total. The van der Waals surface area contributed by atoms with Crippen molar-refractivity contribution in [2.24, 2.45) is 0 Å². The Bertz CT molecular complexity index is 1580. The van der Waals surface area contributed by atoms with Crippen LogP contribution in [0.2, 0.25) is 0 Å². The number of hydrogen-bond donors (Lipinski definition) is 1. The number of rotatable bonds is 3. The molecular formula is C33H42F4N4O6. The number of aryl methyl sites for hydroxylation is 1. The monoisotopic (exact) mass is 666 g/mol. The second-order valence-corrected chi connectivity index (χ2v) is 13.5. The quantitative estimate of drug-likeness (QED) is 0.306. The van der Waals surface area contributed by atoms with E-state index >= 15 is 0 Å². The molecule has 1 aromatic carbocycles. The van der Waals surface area contributed by atoms with Gasteiger partial charge in [0.15, 0.2) is 17.9 Å². The van der Waals surface area contributed by atoms with E-state index in [4.69, 9.17) is 24.0 Å². The molecule has 2 aromatic heterocycles. The van der Waals surface area contributed by atoms with E-state index in [0.717, 1.165) is 12.1 Å². The van der Waals surface area contributed by atoms with Crippen molar-refractivity contribution in [3.8, 4) is 5.75 Å². The van der Waals surface area contributed by atoms with Gasteiger partial charge in [0.25, 0.3) is 0 Å². The van der Waals surface area contributed by atoms with Crippen molar-refractivity contribution in [2.45, 2.75) is 110 Å². The molecule has 3 aromatic rings. The van der Waals surface area contributed by atoms with E-state index in [1.165, 1.54) is 6.07 Å². The summed E-state index contributed by atoms with van der Waals surface area (Å²) < 4.78 is 81.2. The third-order valence-corrected chi connectivity index (χ3v) is 8.42. The molecule has 10 nitrogen and oxygen atoms in total. The maximum absolute atomic E-state index is 14.2. The fraction of sp³-hybridized carbons (Fsp3) is 0.606. The third-order valence-electron chi connectivity index (χ3n) is 8.42. The second kappa shape index (κ2) is 13.6. The summed E-state index contributed by atoms with van der Waals surface area (Å²) in [5.74, 6) is -1.57. The van der Waals surface area contributed by atoms with Crippen molar-refractivity contribution in [3.63, 3.8) is 0 Å². The molecule has 3 aliphatic heterocycles. The lowest BCUT2D eigenvalue weighted by Gasteiger charge is -2.41. The molecule has 3 aliphatic rings. The Hall–Kier alpha value is -3.49. The number of hydrogen-bond acceptors (Lipinski definition) is 8. The van der Waals surface area contributed by atoms with Gasteiger partial charge >= 0.3 is 12.1 Å². The van der Waals surface area contributed by atoms with Gasteiger partial charge in [0, 0.05) is 43.1 Å². The average molecular weight is 667 g/mol. The first-order chi connectivity index (χ1) is 22.0. The molecule has 6 rings (SSSR count). The Morgan fingerprint density at radius 3 is 2.51 bits per heavy atom. The van der Waals surface area contributed by atoms with Crippen molar-refractivity contribution in [1.29, 1.82) is 0 Å². The maximum atomic E-state index is 14.2. The van der Waals surface area contributed by atoms with Crippen LogP contribution < -0.4 is 9.64 Å². The van der Waals surface area contributed by atoms with Gasteiger partial charge in [-0.15, -0.1) is 0 Å². The Morgan fingerprint density at radius 1 is 1.13 bits per heavy atom. The Labute approximate surface area is 270 Å². The summed E-state index contributed by atoms with van der Waals surface area (Å²) in [5, 5.41) is 15.1. The smallest absolute Gasteiger partial charge is 0.425 e. The minimum Gasteiger partial charge on any atom is -0.480 e. The second-order valence-electron chi connectivity index (χ2n) is 13.5. The maximum Gasteiger partial charge on any atom is 0.425 e. The van der Waals surface area contributed by atoms with Crippen LogP contribution in [0.25, 0.3) is 5.65 Å². The van der Waals surface area contributed by atoms with Crippen molar-refractivity contribution in [2.75, 3.05) is 24.6 Å². The zero-order valence-electron chi connectivity index (χ0n) is 27.3. The molecule has 1 saturated heterocycles. The van der Waals surface area contributed by atoms with Gasteiger partial charge in [-0.25, -0.2) is 14.2 Å². The van der Waals surface area contributed by atoms with Gasteiger partial charge in [-0.1, -0.05) is 6.07 Å². The molecule has 4 bridgehead atoms. The van der Waals surface area contributed by atoms with E-state index < -0.39 is 41.4 Å². The first-order valence-electron chi connectivity index (χ1n) is 15.8. The summed E-state index contributed by atoms with van der Waals surface area (Å²) in [6, 6.07) is 5.12. The number of alkyl halides is 3. The summed E-state index contributed by atoms with van der Waals surface area (Å²) in [6.07, 6.45) is -6.67. The number of aromatic nitrogens is 3. The van der Waals surface area contributed by atoms with Crippen LogP contribution in [0.4, 0.5) is 23.4 Å². The topological polar surface area (TPSA) is 108 Å². The predicted octanol–water partition coefficient (Wildman–Crippen LogP) is 6.70. The van der Waals surface area contributed by atoms with Gasteiger partial charge in [0.05, 0.1) is 35.7 Å². The van der Waals surface area contributed by atoms with Gasteiger partial charge in [-0.2, -0.15) is 22.8 Å². The lowest BCUT2D eigenvalue weighted by atomic mass is 9.92. The summed E-state index contributed by atoms with van der Waals surface area (Å²) in [6.45, 7) is 10.1. The van der Waals surface area contributed by atoms with E-state index in [0.29, 0.717) is 60.8 Å². The van der Waals surface area contributed by atoms with Crippen molar-refractivity contribution < 1.29 is 46.4 Å². The summed E-state index contributed by atoms with van der Waals surface area (Å²) in [5.41, 5.74) is 0.738. The molecule has 47 heavy (non-hydrogen) atoms. The lowest BCUT2D eigenvalue weighted by Crippen LogP contribution is -2.46. The molecule has 2 atom stereocenters. The van der Waals surface area contributed by atoms with Crippen molar-refractivity contribution >= 4 is 17.4 Å². The van der Waals surface area contributed by atoms with E-state index in [9.17, 15) is 27.5 Å². The van der Waals surface area contributed by atoms with Gasteiger partial charge in [-0.3, -0.25) is 0 Å². The molecule has 0 saturated carbocycles.